The molecular formula is C25H21ClN4O5S. The fourth-order valence-electron chi connectivity index (χ4n) is 3.52. The van der Waals surface area contributed by atoms with E-state index >= 15 is 0 Å². The van der Waals surface area contributed by atoms with Crippen LogP contribution in [0.4, 0.5) is 11.4 Å². The number of primary sulfonamides is 1. The third-order valence-electron chi connectivity index (χ3n) is 5.44. The minimum atomic E-state index is -3.83. The molecule has 1 aliphatic heterocycles. The van der Waals surface area contributed by atoms with E-state index in [4.69, 9.17) is 16.7 Å². The first kappa shape index (κ1) is 25.1. The molecule has 0 aromatic heterocycles. The molecule has 0 unspecified atom stereocenters. The molecule has 3 aromatic carbocycles. The van der Waals surface area contributed by atoms with Gasteiger partial charge in [0.1, 0.15) is 10.7 Å². The average molecular weight is 525 g/mol. The quantitative estimate of drug-likeness (QED) is 0.387. The van der Waals surface area contributed by atoms with Gasteiger partial charge in [-0.3, -0.25) is 19.3 Å². The molecule has 0 aliphatic carbocycles. The van der Waals surface area contributed by atoms with Crippen molar-refractivity contribution in [1.29, 1.82) is 0 Å². The first-order valence-electron chi connectivity index (χ1n) is 10.7. The Bertz CT molecular complexity index is 1450. The Kier molecular flexibility index (Phi) is 7.20. The van der Waals surface area contributed by atoms with E-state index in [9.17, 15) is 22.8 Å². The average Bonchev–Trinajstić information content (AvgIpc) is 3.06. The summed E-state index contributed by atoms with van der Waals surface area (Å²) in [6, 6.07) is 21.1. The molecule has 0 spiro atoms. The van der Waals surface area contributed by atoms with Gasteiger partial charge in [-0.1, -0.05) is 41.9 Å². The first-order valence-corrected chi connectivity index (χ1v) is 12.7. The Labute approximate surface area is 212 Å². The second kappa shape index (κ2) is 10.3. The molecule has 0 saturated heterocycles. The molecular weight excluding hydrogens is 504 g/mol. The number of sulfonamides is 1. The third-order valence-corrected chi connectivity index (χ3v) is 6.72. The Morgan fingerprint density at radius 3 is 2.08 bits per heavy atom. The molecule has 0 atom stereocenters. The maximum Gasteiger partial charge on any atom is 0.278 e. The Balaban J connectivity index is 1.38. The second-order valence-electron chi connectivity index (χ2n) is 7.91. The standard InChI is InChI=1S/C25H21ClN4O5S/c26-21-22(25(33)30(24(21)32)15-14-16-4-2-1-3-5-16)28-18-8-6-17(7-9-18)23(31)29-19-10-12-20(13-11-19)36(27,34)35/h1-13,28H,14-15H2,(H,29,31)(H2,27,34,35). The van der Waals surface area contributed by atoms with Crippen LogP contribution in [-0.2, 0) is 26.0 Å². The lowest BCUT2D eigenvalue weighted by Crippen LogP contribution is -2.34. The first-order chi connectivity index (χ1) is 17.1. The van der Waals surface area contributed by atoms with Crippen LogP contribution < -0.4 is 15.8 Å². The highest BCUT2D eigenvalue weighted by Gasteiger charge is 2.37. The van der Waals surface area contributed by atoms with Gasteiger partial charge >= 0.3 is 0 Å². The van der Waals surface area contributed by atoms with Crippen LogP contribution in [0.5, 0.6) is 0 Å². The van der Waals surface area contributed by atoms with Crippen LogP contribution >= 0.6 is 11.6 Å². The van der Waals surface area contributed by atoms with Crippen molar-refractivity contribution in [2.24, 2.45) is 5.14 Å². The Morgan fingerprint density at radius 2 is 1.47 bits per heavy atom. The number of carbonyl (C=O) groups is 3. The molecule has 4 rings (SSSR count). The number of rotatable bonds is 8. The summed E-state index contributed by atoms with van der Waals surface area (Å²) in [5.41, 5.74) is 2.13. The van der Waals surface area contributed by atoms with E-state index in [1.54, 1.807) is 12.1 Å². The van der Waals surface area contributed by atoms with Gasteiger partial charge in [-0.05, 0) is 60.5 Å². The number of nitrogens with two attached hydrogens (primary N) is 1. The number of amides is 3. The molecule has 11 heteroatoms. The molecule has 3 amide bonds. The number of nitrogens with zero attached hydrogens (tertiary/aromatic N) is 1. The lowest BCUT2D eigenvalue weighted by Gasteiger charge is -2.15. The number of anilines is 2. The van der Waals surface area contributed by atoms with Crippen molar-refractivity contribution < 1.29 is 22.8 Å². The summed E-state index contributed by atoms with van der Waals surface area (Å²) in [7, 11) is -3.83. The molecule has 1 heterocycles. The molecule has 1 aliphatic rings. The van der Waals surface area contributed by atoms with Crippen LogP contribution in [0.1, 0.15) is 15.9 Å². The topological polar surface area (TPSA) is 139 Å². The SMILES string of the molecule is NS(=O)(=O)c1ccc(NC(=O)c2ccc(NC3=C(Cl)C(=O)N(CCc4ccccc4)C3=O)cc2)cc1. The second-order valence-corrected chi connectivity index (χ2v) is 9.85. The summed E-state index contributed by atoms with van der Waals surface area (Å²) in [5.74, 6) is -1.52. The van der Waals surface area contributed by atoms with Gasteiger partial charge in [-0.25, -0.2) is 13.6 Å². The van der Waals surface area contributed by atoms with Crippen LogP contribution in [0, 0.1) is 0 Å². The monoisotopic (exact) mass is 524 g/mol. The minimum absolute atomic E-state index is 0.0260. The molecule has 0 fully saturated rings. The maximum absolute atomic E-state index is 12.8. The number of hydrogen-bond donors (Lipinski definition) is 3. The van der Waals surface area contributed by atoms with E-state index in [1.165, 1.54) is 36.4 Å². The van der Waals surface area contributed by atoms with E-state index in [2.05, 4.69) is 10.6 Å². The highest BCUT2D eigenvalue weighted by atomic mass is 35.5. The molecule has 0 radical (unpaired) electrons. The normalized spacial score (nSPS) is 13.8. The number of benzene rings is 3. The van der Waals surface area contributed by atoms with Crippen LogP contribution in [0.2, 0.25) is 0 Å². The molecule has 184 valence electrons. The van der Waals surface area contributed by atoms with Crippen molar-refractivity contribution >= 4 is 50.7 Å². The lowest BCUT2D eigenvalue weighted by atomic mass is 10.1. The van der Waals surface area contributed by atoms with Gasteiger partial charge in [0, 0.05) is 23.5 Å². The van der Waals surface area contributed by atoms with Gasteiger partial charge in [0.05, 0.1) is 4.90 Å². The van der Waals surface area contributed by atoms with E-state index in [1.807, 2.05) is 30.3 Å². The van der Waals surface area contributed by atoms with Crippen LogP contribution in [0.15, 0.2) is 94.5 Å². The fourth-order valence-corrected chi connectivity index (χ4v) is 4.27. The number of carbonyl (C=O) groups excluding carboxylic acids is 3. The highest BCUT2D eigenvalue weighted by Crippen LogP contribution is 2.26. The molecule has 4 N–H and O–H groups in total. The van der Waals surface area contributed by atoms with Crippen molar-refractivity contribution in [3.8, 4) is 0 Å². The van der Waals surface area contributed by atoms with Gasteiger partial charge in [0.2, 0.25) is 10.0 Å². The van der Waals surface area contributed by atoms with Gasteiger partial charge in [-0.2, -0.15) is 0 Å². The van der Waals surface area contributed by atoms with Crippen LogP contribution in [0.3, 0.4) is 0 Å². The maximum atomic E-state index is 12.8. The largest absolute Gasteiger partial charge is 0.350 e. The number of hydrogen-bond acceptors (Lipinski definition) is 6. The third kappa shape index (κ3) is 5.62. The predicted molar refractivity (Wildman–Crippen MR) is 136 cm³/mol. The zero-order valence-electron chi connectivity index (χ0n) is 18.8. The van der Waals surface area contributed by atoms with Crippen molar-refractivity contribution in [3.05, 3.63) is 101 Å². The summed E-state index contributed by atoms with van der Waals surface area (Å²) < 4.78 is 22.7. The zero-order chi connectivity index (χ0) is 25.9. The summed E-state index contributed by atoms with van der Waals surface area (Å²) in [5, 5.41) is 10.4. The Hall–Kier alpha value is -3.99. The summed E-state index contributed by atoms with van der Waals surface area (Å²) in [6.45, 7) is 0.195. The molecule has 9 nitrogen and oxygen atoms in total. The predicted octanol–water partition coefficient (Wildman–Crippen LogP) is 3.06. The summed E-state index contributed by atoms with van der Waals surface area (Å²) in [4.78, 5) is 38.9. The molecule has 0 saturated carbocycles. The van der Waals surface area contributed by atoms with E-state index in [0.29, 0.717) is 23.4 Å². The number of nitrogens with one attached hydrogen (secondary N) is 2. The van der Waals surface area contributed by atoms with Gasteiger partial charge in [-0.15, -0.1) is 0 Å². The van der Waals surface area contributed by atoms with Gasteiger partial charge in [0.25, 0.3) is 17.7 Å². The molecule has 36 heavy (non-hydrogen) atoms. The van der Waals surface area contributed by atoms with Crippen molar-refractivity contribution in [2.75, 3.05) is 17.2 Å². The highest BCUT2D eigenvalue weighted by molar-refractivity contribution is 7.89. The van der Waals surface area contributed by atoms with Crippen LogP contribution in [-0.4, -0.2) is 37.6 Å². The van der Waals surface area contributed by atoms with Crippen molar-refractivity contribution in [3.63, 3.8) is 0 Å². The van der Waals surface area contributed by atoms with Gasteiger partial charge < -0.3 is 10.6 Å². The summed E-state index contributed by atoms with van der Waals surface area (Å²) >= 11 is 6.16. The molecule has 3 aromatic rings. The zero-order valence-corrected chi connectivity index (χ0v) is 20.3. The van der Waals surface area contributed by atoms with E-state index < -0.39 is 27.7 Å². The van der Waals surface area contributed by atoms with Crippen molar-refractivity contribution in [2.45, 2.75) is 11.3 Å². The fraction of sp³-hybridized carbons (Fsp3) is 0.0800. The van der Waals surface area contributed by atoms with Gasteiger partial charge in [0.15, 0.2) is 0 Å². The number of halogens is 1. The minimum Gasteiger partial charge on any atom is -0.350 e. The van der Waals surface area contributed by atoms with E-state index in [-0.39, 0.29) is 22.2 Å². The summed E-state index contributed by atoms with van der Waals surface area (Å²) in [6.07, 6.45) is 0.504. The number of imide groups is 1. The van der Waals surface area contributed by atoms with Crippen molar-refractivity contribution in [1.82, 2.24) is 4.90 Å². The van der Waals surface area contributed by atoms with Crippen LogP contribution in [0.25, 0.3) is 0 Å². The molecule has 0 bridgehead atoms. The van der Waals surface area contributed by atoms with E-state index in [0.717, 1.165) is 10.5 Å². The lowest BCUT2D eigenvalue weighted by molar-refractivity contribution is -0.137. The smallest absolute Gasteiger partial charge is 0.278 e. The Morgan fingerprint density at radius 1 is 0.861 bits per heavy atom.